The largest absolute Gasteiger partial charge is 0.494 e. The third-order valence-electron chi connectivity index (χ3n) is 3.83. The quantitative estimate of drug-likeness (QED) is 0.573. The van der Waals surface area contributed by atoms with Gasteiger partial charge in [-0.15, -0.1) is 0 Å². The number of nitrogens with zero attached hydrogens (tertiary/aromatic N) is 1. The molecule has 0 unspecified atom stereocenters. The van der Waals surface area contributed by atoms with Gasteiger partial charge in [0, 0.05) is 28.6 Å². The van der Waals surface area contributed by atoms with E-state index >= 15 is 0 Å². The summed E-state index contributed by atoms with van der Waals surface area (Å²) in [6, 6.07) is 11.2. The lowest BCUT2D eigenvalue weighted by Gasteiger charge is -2.16. The Kier molecular flexibility index (Phi) is 5.19. The molecule has 3 aromatic rings. The Hall–Kier alpha value is -2.59. The van der Waals surface area contributed by atoms with Crippen molar-refractivity contribution in [3.05, 3.63) is 53.2 Å². The van der Waals surface area contributed by atoms with Crippen LogP contribution < -0.4 is 9.47 Å². The fraction of sp³-hybridized carbons (Fsp3) is 0.200. The first kappa shape index (κ1) is 17.2. The molecule has 0 N–H and O–H groups in total. The Balaban J connectivity index is 2.33. The van der Waals surface area contributed by atoms with Gasteiger partial charge in [-0.05, 0) is 19.9 Å². The summed E-state index contributed by atoms with van der Waals surface area (Å²) in [4.78, 5) is 16.2. The van der Waals surface area contributed by atoms with Gasteiger partial charge in [-0.3, -0.25) is 9.78 Å². The molecule has 25 heavy (non-hydrogen) atoms. The molecule has 0 bridgehead atoms. The number of hydrogen-bond acceptors (Lipinski definition) is 4. The van der Waals surface area contributed by atoms with Gasteiger partial charge in [0.1, 0.15) is 11.5 Å². The highest BCUT2D eigenvalue weighted by Gasteiger charge is 2.19. The minimum atomic E-state index is 0.465. The summed E-state index contributed by atoms with van der Waals surface area (Å²) in [5, 5.41) is 2.31. The molecule has 5 heteroatoms. The average Bonchev–Trinajstić information content (AvgIpc) is 2.63. The molecule has 2 aromatic carbocycles. The van der Waals surface area contributed by atoms with E-state index in [4.69, 9.17) is 21.1 Å². The molecule has 0 amide bonds. The van der Waals surface area contributed by atoms with Crippen LogP contribution in [0.25, 0.3) is 22.0 Å². The molecule has 0 fully saturated rings. The SMILES string of the molecule is CCOc1cc(C=O)c(-c2ncc(Cl)c3ccccc23)c(OCC)c1. The van der Waals surface area contributed by atoms with E-state index in [-0.39, 0.29) is 0 Å². The summed E-state index contributed by atoms with van der Waals surface area (Å²) in [5.41, 5.74) is 1.77. The van der Waals surface area contributed by atoms with Crippen molar-refractivity contribution >= 4 is 28.7 Å². The number of ether oxygens (including phenoxy) is 2. The van der Waals surface area contributed by atoms with Gasteiger partial charge in [0.2, 0.25) is 0 Å². The maximum absolute atomic E-state index is 11.8. The topological polar surface area (TPSA) is 48.4 Å². The normalized spacial score (nSPS) is 10.7. The fourth-order valence-electron chi connectivity index (χ4n) is 2.83. The van der Waals surface area contributed by atoms with E-state index in [2.05, 4.69) is 4.98 Å². The number of hydrogen-bond donors (Lipinski definition) is 0. The molecule has 0 radical (unpaired) electrons. The molecule has 4 nitrogen and oxygen atoms in total. The summed E-state index contributed by atoms with van der Waals surface area (Å²) in [5.74, 6) is 1.16. The van der Waals surface area contributed by atoms with Gasteiger partial charge in [0.05, 0.1) is 29.5 Å². The van der Waals surface area contributed by atoms with Crippen LogP contribution in [0.15, 0.2) is 42.6 Å². The van der Waals surface area contributed by atoms with E-state index < -0.39 is 0 Å². The molecule has 3 rings (SSSR count). The number of benzene rings is 2. The summed E-state index contributed by atoms with van der Waals surface area (Å²) in [6.45, 7) is 4.76. The van der Waals surface area contributed by atoms with E-state index in [1.807, 2.05) is 38.1 Å². The molecular formula is C20H18ClNO3. The van der Waals surface area contributed by atoms with Gasteiger partial charge in [0.25, 0.3) is 0 Å². The Morgan fingerprint density at radius 3 is 2.48 bits per heavy atom. The number of aldehydes is 1. The number of rotatable bonds is 6. The number of halogens is 1. The van der Waals surface area contributed by atoms with E-state index in [0.717, 1.165) is 17.1 Å². The predicted octanol–water partition coefficient (Wildman–Crippen LogP) is 5.17. The highest BCUT2D eigenvalue weighted by atomic mass is 35.5. The highest BCUT2D eigenvalue weighted by Crippen LogP contribution is 2.40. The van der Waals surface area contributed by atoms with E-state index in [9.17, 15) is 4.79 Å². The lowest BCUT2D eigenvalue weighted by molar-refractivity contribution is 0.112. The summed E-state index contributed by atoms with van der Waals surface area (Å²) in [6.07, 6.45) is 2.39. The molecule has 0 aliphatic heterocycles. The van der Waals surface area contributed by atoms with E-state index in [0.29, 0.717) is 46.6 Å². The fourth-order valence-corrected chi connectivity index (χ4v) is 3.05. The Morgan fingerprint density at radius 1 is 1.08 bits per heavy atom. The van der Waals surface area contributed by atoms with Crippen molar-refractivity contribution in [1.82, 2.24) is 4.98 Å². The van der Waals surface area contributed by atoms with Crippen LogP contribution in [0.5, 0.6) is 11.5 Å². The first-order valence-corrected chi connectivity index (χ1v) is 8.49. The summed E-state index contributed by atoms with van der Waals surface area (Å²) < 4.78 is 11.3. The van der Waals surface area contributed by atoms with E-state index in [1.54, 1.807) is 18.3 Å². The molecule has 128 valence electrons. The van der Waals surface area contributed by atoms with Crippen LogP contribution in [0.3, 0.4) is 0 Å². The van der Waals surface area contributed by atoms with Gasteiger partial charge in [0.15, 0.2) is 6.29 Å². The van der Waals surface area contributed by atoms with Gasteiger partial charge < -0.3 is 9.47 Å². The van der Waals surface area contributed by atoms with Crippen molar-refractivity contribution in [3.63, 3.8) is 0 Å². The molecule has 0 aliphatic rings. The van der Waals surface area contributed by atoms with Gasteiger partial charge >= 0.3 is 0 Å². The maximum atomic E-state index is 11.8. The van der Waals surface area contributed by atoms with Crippen LogP contribution in [0.1, 0.15) is 24.2 Å². The number of carbonyl (C=O) groups is 1. The minimum Gasteiger partial charge on any atom is -0.494 e. The molecule has 0 atom stereocenters. The molecular weight excluding hydrogens is 338 g/mol. The monoisotopic (exact) mass is 355 g/mol. The lowest BCUT2D eigenvalue weighted by Crippen LogP contribution is -2.02. The Bertz CT molecular complexity index is 924. The van der Waals surface area contributed by atoms with Gasteiger partial charge in [-0.25, -0.2) is 0 Å². The van der Waals surface area contributed by atoms with Gasteiger partial charge in [-0.2, -0.15) is 0 Å². The Morgan fingerprint density at radius 2 is 1.80 bits per heavy atom. The highest BCUT2D eigenvalue weighted by molar-refractivity contribution is 6.35. The second kappa shape index (κ2) is 7.53. The third kappa shape index (κ3) is 3.30. The molecule has 0 saturated carbocycles. The maximum Gasteiger partial charge on any atom is 0.151 e. The van der Waals surface area contributed by atoms with E-state index in [1.165, 1.54) is 0 Å². The summed E-state index contributed by atoms with van der Waals surface area (Å²) >= 11 is 6.27. The first-order valence-electron chi connectivity index (χ1n) is 8.12. The van der Waals surface area contributed by atoms with Crippen LogP contribution >= 0.6 is 11.6 Å². The zero-order valence-corrected chi connectivity index (χ0v) is 14.8. The number of fused-ring (bicyclic) bond motifs is 1. The zero-order chi connectivity index (χ0) is 17.8. The Labute approximate surface area is 151 Å². The second-order valence-electron chi connectivity index (χ2n) is 5.37. The molecule has 1 heterocycles. The number of carbonyl (C=O) groups excluding carboxylic acids is 1. The van der Waals surface area contributed by atoms with Crippen LogP contribution in [-0.4, -0.2) is 24.5 Å². The number of pyridine rings is 1. The smallest absolute Gasteiger partial charge is 0.151 e. The third-order valence-corrected chi connectivity index (χ3v) is 4.13. The van der Waals surface area contributed by atoms with Crippen LogP contribution in [-0.2, 0) is 0 Å². The summed E-state index contributed by atoms with van der Waals surface area (Å²) in [7, 11) is 0. The minimum absolute atomic E-state index is 0.465. The number of aromatic nitrogens is 1. The molecule has 1 aromatic heterocycles. The first-order chi connectivity index (χ1) is 12.2. The lowest BCUT2D eigenvalue weighted by atomic mass is 9.98. The van der Waals surface area contributed by atoms with Gasteiger partial charge in [-0.1, -0.05) is 35.9 Å². The average molecular weight is 356 g/mol. The zero-order valence-electron chi connectivity index (χ0n) is 14.1. The van der Waals surface area contributed by atoms with Crippen molar-refractivity contribution in [2.75, 3.05) is 13.2 Å². The molecule has 0 spiro atoms. The second-order valence-corrected chi connectivity index (χ2v) is 5.78. The van der Waals surface area contributed by atoms with Crippen molar-refractivity contribution in [1.29, 1.82) is 0 Å². The molecule has 0 aliphatic carbocycles. The van der Waals surface area contributed by atoms with Crippen molar-refractivity contribution in [2.24, 2.45) is 0 Å². The predicted molar refractivity (Wildman–Crippen MR) is 99.9 cm³/mol. The molecule has 0 saturated heterocycles. The van der Waals surface area contributed by atoms with Crippen LogP contribution in [0, 0.1) is 0 Å². The standard InChI is InChI=1S/C20H18ClNO3/c1-3-24-14-9-13(12-23)19(18(10-14)25-4-2)20-16-8-6-5-7-15(16)17(21)11-22-20/h5-12H,3-4H2,1-2H3. The van der Waals surface area contributed by atoms with Crippen molar-refractivity contribution in [3.8, 4) is 22.8 Å². The van der Waals surface area contributed by atoms with Crippen molar-refractivity contribution in [2.45, 2.75) is 13.8 Å². The van der Waals surface area contributed by atoms with Crippen molar-refractivity contribution < 1.29 is 14.3 Å². The van der Waals surface area contributed by atoms with Crippen LogP contribution in [0.2, 0.25) is 5.02 Å². The van der Waals surface area contributed by atoms with Crippen LogP contribution in [0.4, 0.5) is 0 Å².